The van der Waals surface area contributed by atoms with Crippen molar-refractivity contribution in [3.8, 4) is 5.75 Å². The van der Waals surface area contributed by atoms with Crippen LogP contribution in [-0.4, -0.2) is 17.0 Å². The maximum absolute atomic E-state index is 13.0. The van der Waals surface area contributed by atoms with Gasteiger partial charge in [0, 0.05) is 5.56 Å². The van der Waals surface area contributed by atoms with Gasteiger partial charge in [-0.25, -0.2) is 4.79 Å². The molecule has 30 heavy (non-hydrogen) atoms. The minimum absolute atomic E-state index is 0.450. The Labute approximate surface area is 175 Å². The molecule has 1 N–H and O–H groups in total. The number of amides is 2. The number of carbonyl (C=O) groups is 2. The summed E-state index contributed by atoms with van der Waals surface area (Å²) in [5.41, 5.74) is 4.85. The number of hydrogen-bond acceptors (Lipinski definition) is 5. The van der Waals surface area contributed by atoms with Crippen LogP contribution in [0.15, 0.2) is 78.9 Å². The molecule has 1 unspecified atom stereocenters. The maximum Gasteiger partial charge on any atom is 0.437 e. The van der Waals surface area contributed by atoms with Crippen molar-refractivity contribution in [3.63, 3.8) is 0 Å². The van der Waals surface area contributed by atoms with Crippen molar-refractivity contribution < 1.29 is 19.1 Å². The lowest BCUT2D eigenvalue weighted by Gasteiger charge is -2.21. The van der Waals surface area contributed by atoms with Gasteiger partial charge in [-0.2, -0.15) is 0 Å². The van der Waals surface area contributed by atoms with Crippen LogP contribution in [0.2, 0.25) is 0 Å². The third-order valence-corrected chi connectivity index (χ3v) is 5.16. The number of nitrogens with zero attached hydrogens (tertiary/aromatic N) is 1. The third-order valence-electron chi connectivity index (χ3n) is 5.16. The molecule has 0 aromatic heterocycles. The Morgan fingerprint density at radius 1 is 0.933 bits per heavy atom. The quantitative estimate of drug-likeness (QED) is 0.642. The average Bonchev–Trinajstić information content (AvgIpc) is 2.98. The number of hydrazine groups is 1. The number of imide groups is 1. The van der Waals surface area contributed by atoms with E-state index in [4.69, 9.17) is 9.47 Å². The molecule has 0 aliphatic carbocycles. The summed E-state index contributed by atoms with van der Waals surface area (Å²) in [5, 5.41) is 0.901. The zero-order chi connectivity index (χ0) is 21.1. The number of anilines is 1. The largest absolute Gasteiger partial charge is 0.489 e. The Kier molecular flexibility index (Phi) is 5.14. The molecule has 6 nitrogen and oxygen atoms in total. The number of rotatable bonds is 6. The number of nitrogens with one attached hydrogen (secondary N) is 1. The first kappa shape index (κ1) is 19.5. The Morgan fingerprint density at radius 2 is 1.60 bits per heavy atom. The molecule has 1 fully saturated rings. The van der Waals surface area contributed by atoms with E-state index in [0.29, 0.717) is 23.6 Å². The number of benzene rings is 3. The highest BCUT2D eigenvalue weighted by Gasteiger charge is 2.52. The molecule has 4 rings (SSSR count). The lowest BCUT2D eigenvalue weighted by Crippen LogP contribution is -2.40. The summed E-state index contributed by atoms with van der Waals surface area (Å²) < 4.78 is 11.3. The van der Waals surface area contributed by atoms with Crippen molar-refractivity contribution in [1.29, 1.82) is 0 Å². The predicted molar refractivity (Wildman–Crippen MR) is 113 cm³/mol. The Morgan fingerprint density at radius 3 is 2.30 bits per heavy atom. The number of ether oxygens (including phenoxy) is 2. The average molecular weight is 402 g/mol. The number of carbonyl (C=O) groups excluding carboxylic acids is 2. The molecule has 152 valence electrons. The molecule has 3 aromatic carbocycles. The number of aryl methyl sites for hydroxylation is 1. The molecule has 1 aliphatic heterocycles. The van der Waals surface area contributed by atoms with Gasteiger partial charge < -0.3 is 9.47 Å². The second-order valence-corrected chi connectivity index (χ2v) is 7.26. The van der Waals surface area contributed by atoms with Crippen LogP contribution in [0.1, 0.15) is 23.6 Å². The van der Waals surface area contributed by atoms with Crippen molar-refractivity contribution in [2.24, 2.45) is 0 Å². The molecule has 0 saturated carbocycles. The van der Waals surface area contributed by atoms with Gasteiger partial charge in [-0.15, -0.1) is 5.01 Å². The standard InChI is InChI=1S/C24H22N2O4/c1-17-8-6-7-9-18(17)16-29-21-14-12-19(13-15-21)24(2)22(27)26(23(28)30-24)25-20-10-4-3-5-11-20/h3-15,25H,16H2,1-2H3. The van der Waals surface area contributed by atoms with Crippen molar-refractivity contribution in [2.45, 2.75) is 26.1 Å². The highest BCUT2D eigenvalue weighted by molar-refractivity contribution is 6.04. The van der Waals surface area contributed by atoms with Gasteiger partial charge in [-0.1, -0.05) is 54.6 Å². The van der Waals surface area contributed by atoms with E-state index in [1.165, 1.54) is 0 Å². The van der Waals surface area contributed by atoms with Gasteiger partial charge in [-0.3, -0.25) is 10.2 Å². The van der Waals surface area contributed by atoms with E-state index in [1.807, 2.05) is 49.4 Å². The first-order chi connectivity index (χ1) is 14.5. The molecule has 0 radical (unpaired) electrons. The lowest BCUT2D eigenvalue weighted by molar-refractivity contribution is -0.135. The molecule has 1 aliphatic rings. The zero-order valence-electron chi connectivity index (χ0n) is 16.8. The van der Waals surface area contributed by atoms with Crippen LogP contribution in [0.4, 0.5) is 10.5 Å². The van der Waals surface area contributed by atoms with E-state index >= 15 is 0 Å². The highest BCUT2D eigenvalue weighted by atomic mass is 16.6. The van der Waals surface area contributed by atoms with Gasteiger partial charge in [0.05, 0.1) is 5.69 Å². The summed E-state index contributed by atoms with van der Waals surface area (Å²) in [6.45, 7) is 4.08. The molecule has 6 heteroatoms. The molecule has 1 atom stereocenters. The van der Waals surface area contributed by atoms with E-state index < -0.39 is 17.6 Å². The topological polar surface area (TPSA) is 67.9 Å². The van der Waals surface area contributed by atoms with Crippen molar-refractivity contribution in [3.05, 3.63) is 95.6 Å². The highest BCUT2D eigenvalue weighted by Crippen LogP contribution is 2.35. The van der Waals surface area contributed by atoms with Crippen LogP contribution in [-0.2, 0) is 21.7 Å². The first-order valence-electron chi connectivity index (χ1n) is 9.64. The minimum atomic E-state index is -1.41. The molecule has 0 bridgehead atoms. The molecular weight excluding hydrogens is 380 g/mol. The molecular formula is C24H22N2O4. The van der Waals surface area contributed by atoms with E-state index in [9.17, 15) is 9.59 Å². The van der Waals surface area contributed by atoms with Gasteiger partial charge in [0.15, 0.2) is 0 Å². The summed E-state index contributed by atoms with van der Waals surface area (Å²) in [5.74, 6) is 0.187. The van der Waals surface area contributed by atoms with E-state index in [0.717, 1.165) is 16.1 Å². The smallest absolute Gasteiger partial charge is 0.437 e. The number of hydrogen-bond donors (Lipinski definition) is 1. The summed E-state index contributed by atoms with van der Waals surface area (Å²) >= 11 is 0. The second kappa shape index (κ2) is 7.91. The minimum Gasteiger partial charge on any atom is -0.489 e. The van der Waals surface area contributed by atoms with Crippen LogP contribution >= 0.6 is 0 Å². The van der Waals surface area contributed by atoms with E-state index in [1.54, 1.807) is 43.3 Å². The van der Waals surface area contributed by atoms with Crippen molar-refractivity contribution in [2.75, 3.05) is 5.43 Å². The number of para-hydroxylation sites is 1. The Balaban J connectivity index is 1.47. The van der Waals surface area contributed by atoms with Crippen LogP contribution < -0.4 is 10.2 Å². The van der Waals surface area contributed by atoms with Gasteiger partial charge in [0.1, 0.15) is 12.4 Å². The summed E-state index contributed by atoms with van der Waals surface area (Å²) in [4.78, 5) is 25.3. The Hall–Kier alpha value is -3.80. The van der Waals surface area contributed by atoms with Crippen molar-refractivity contribution >= 4 is 17.7 Å². The van der Waals surface area contributed by atoms with Gasteiger partial charge in [0.2, 0.25) is 5.60 Å². The van der Waals surface area contributed by atoms with Gasteiger partial charge >= 0.3 is 6.09 Å². The Bertz CT molecular complexity index is 1070. The molecule has 0 spiro atoms. The SMILES string of the molecule is Cc1ccccc1COc1ccc(C2(C)OC(=O)N(Nc3ccccc3)C2=O)cc1. The van der Waals surface area contributed by atoms with Crippen LogP contribution in [0, 0.1) is 6.92 Å². The summed E-state index contributed by atoms with van der Waals surface area (Å²) in [6.07, 6.45) is -0.744. The normalized spacial score (nSPS) is 18.3. The fraction of sp³-hybridized carbons (Fsp3) is 0.167. The van der Waals surface area contributed by atoms with Gasteiger partial charge in [0.25, 0.3) is 5.91 Å². The number of cyclic esters (lactones) is 1. The predicted octanol–water partition coefficient (Wildman–Crippen LogP) is 4.80. The maximum atomic E-state index is 13.0. The lowest BCUT2D eigenvalue weighted by atomic mass is 9.95. The van der Waals surface area contributed by atoms with Crippen LogP contribution in [0.5, 0.6) is 5.75 Å². The van der Waals surface area contributed by atoms with Crippen LogP contribution in [0.25, 0.3) is 0 Å². The van der Waals surface area contributed by atoms with Crippen molar-refractivity contribution in [1.82, 2.24) is 5.01 Å². The first-order valence-corrected chi connectivity index (χ1v) is 9.64. The fourth-order valence-electron chi connectivity index (χ4n) is 3.28. The van der Waals surface area contributed by atoms with Gasteiger partial charge in [-0.05, 0) is 49.2 Å². The molecule has 3 aromatic rings. The fourth-order valence-corrected chi connectivity index (χ4v) is 3.28. The summed E-state index contributed by atoms with van der Waals surface area (Å²) in [6, 6.07) is 24.0. The van der Waals surface area contributed by atoms with E-state index in [-0.39, 0.29) is 0 Å². The second-order valence-electron chi connectivity index (χ2n) is 7.26. The monoisotopic (exact) mass is 402 g/mol. The molecule has 1 heterocycles. The molecule has 2 amide bonds. The third kappa shape index (κ3) is 3.72. The van der Waals surface area contributed by atoms with E-state index in [2.05, 4.69) is 5.43 Å². The molecule has 1 saturated heterocycles. The summed E-state index contributed by atoms with van der Waals surface area (Å²) in [7, 11) is 0. The zero-order valence-corrected chi connectivity index (χ0v) is 16.8. The van der Waals surface area contributed by atoms with Crippen LogP contribution in [0.3, 0.4) is 0 Å².